The van der Waals surface area contributed by atoms with E-state index < -0.39 is 0 Å². The van der Waals surface area contributed by atoms with Gasteiger partial charge in [-0.15, -0.1) is 0 Å². The van der Waals surface area contributed by atoms with E-state index in [1.54, 1.807) is 12.5 Å². The highest BCUT2D eigenvalue weighted by Crippen LogP contribution is 2.33. The van der Waals surface area contributed by atoms with Crippen LogP contribution in [0.3, 0.4) is 0 Å². The first kappa shape index (κ1) is 11.3. The Morgan fingerprint density at radius 3 is 3.12 bits per heavy atom. The molecule has 4 heteroatoms. The zero-order valence-corrected chi connectivity index (χ0v) is 9.82. The molecule has 4 nitrogen and oxygen atoms in total. The second-order valence-corrected chi connectivity index (χ2v) is 4.91. The van der Waals surface area contributed by atoms with Gasteiger partial charge in [0, 0.05) is 12.7 Å². The summed E-state index contributed by atoms with van der Waals surface area (Å²) < 4.78 is 0. The van der Waals surface area contributed by atoms with Crippen molar-refractivity contribution in [1.82, 2.24) is 9.97 Å². The number of aromatic nitrogens is 2. The Hall–Kier alpha value is -1.16. The minimum absolute atomic E-state index is 0.0337. The highest BCUT2D eigenvalue weighted by molar-refractivity contribution is 5.36. The van der Waals surface area contributed by atoms with E-state index in [0.717, 1.165) is 24.6 Å². The number of nitrogens with zero attached hydrogens (tertiary/aromatic N) is 2. The Kier molecular flexibility index (Phi) is 3.39. The molecule has 3 N–H and O–H groups in total. The minimum atomic E-state index is 0.0337. The van der Waals surface area contributed by atoms with E-state index in [1.807, 2.05) is 6.07 Å². The maximum absolute atomic E-state index is 5.94. The van der Waals surface area contributed by atoms with E-state index in [4.69, 9.17) is 5.73 Å². The van der Waals surface area contributed by atoms with Crippen LogP contribution in [-0.4, -0.2) is 22.1 Å². The Labute approximate surface area is 96.7 Å². The van der Waals surface area contributed by atoms with Gasteiger partial charge < -0.3 is 11.1 Å². The Morgan fingerprint density at radius 1 is 1.62 bits per heavy atom. The van der Waals surface area contributed by atoms with E-state index in [2.05, 4.69) is 22.2 Å². The number of anilines is 1. The summed E-state index contributed by atoms with van der Waals surface area (Å²) in [5, 5.41) is 3.50. The molecule has 16 heavy (non-hydrogen) atoms. The summed E-state index contributed by atoms with van der Waals surface area (Å²) in [5.74, 6) is 1.63. The van der Waals surface area contributed by atoms with Crippen molar-refractivity contribution in [3.05, 3.63) is 18.6 Å². The monoisotopic (exact) mass is 220 g/mol. The number of nitrogens with two attached hydrogens (primary N) is 1. The molecule has 1 heterocycles. The Morgan fingerprint density at radius 2 is 2.50 bits per heavy atom. The lowest BCUT2D eigenvalue weighted by Gasteiger charge is -2.40. The third-order valence-corrected chi connectivity index (χ3v) is 3.46. The fourth-order valence-electron chi connectivity index (χ4n) is 2.65. The molecule has 1 aromatic rings. The van der Waals surface area contributed by atoms with Crippen molar-refractivity contribution in [2.45, 2.75) is 38.1 Å². The zero-order valence-electron chi connectivity index (χ0n) is 9.82. The zero-order chi connectivity index (χ0) is 11.4. The highest BCUT2D eigenvalue weighted by Gasteiger charge is 2.33. The summed E-state index contributed by atoms with van der Waals surface area (Å²) >= 11 is 0. The van der Waals surface area contributed by atoms with Gasteiger partial charge in [0.05, 0.1) is 5.54 Å². The summed E-state index contributed by atoms with van der Waals surface area (Å²) in [5.41, 5.74) is 5.98. The first-order chi connectivity index (χ1) is 7.74. The van der Waals surface area contributed by atoms with Crippen LogP contribution in [0, 0.1) is 5.92 Å². The maximum Gasteiger partial charge on any atom is 0.129 e. The molecule has 0 saturated heterocycles. The summed E-state index contributed by atoms with van der Waals surface area (Å²) in [6.45, 7) is 2.96. The van der Waals surface area contributed by atoms with Gasteiger partial charge in [0.2, 0.25) is 0 Å². The van der Waals surface area contributed by atoms with Crippen LogP contribution in [0.4, 0.5) is 5.82 Å². The van der Waals surface area contributed by atoms with Crippen molar-refractivity contribution < 1.29 is 0 Å². The molecule has 0 spiro atoms. The summed E-state index contributed by atoms with van der Waals surface area (Å²) in [6, 6.07) is 1.90. The van der Waals surface area contributed by atoms with Crippen molar-refractivity contribution in [2.24, 2.45) is 11.7 Å². The Balaban J connectivity index is 2.10. The van der Waals surface area contributed by atoms with Gasteiger partial charge in [-0.1, -0.05) is 19.8 Å². The maximum atomic E-state index is 5.94. The van der Waals surface area contributed by atoms with Crippen LogP contribution in [0.5, 0.6) is 0 Å². The molecule has 2 rings (SSSR count). The first-order valence-electron chi connectivity index (χ1n) is 5.98. The average molecular weight is 220 g/mol. The molecule has 0 bridgehead atoms. The highest BCUT2D eigenvalue weighted by atomic mass is 15.1. The van der Waals surface area contributed by atoms with Gasteiger partial charge in [0.15, 0.2) is 0 Å². The smallest absolute Gasteiger partial charge is 0.129 e. The summed E-state index contributed by atoms with van der Waals surface area (Å²) in [7, 11) is 0. The fraction of sp³-hybridized carbons (Fsp3) is 0.667. The van der Waals surface area contributed by atoms with E-state index in [0.29, 0.717) is 6.54 Å². The molecule has 0 radical (unpaired) electrons. The molecule has 0 aromatic carbocycles. The quantitative estimate of drug-likeness (QED) is 0.815. The molecular weight excluding hydrogens is 200 g/mol. The first-order valence-corrected chi connectivity index (χ1v) is 5.98. The van der Waals surface area contributed by atoms with Crippen LogP contribution in [0.25, 0.3) is 0 Å². The molecule has 2 atom stereocenters. The van der Waals surface area contributed by atoms with Crippen LogP contribution in [0.15, 0.2) is 18.6 Å². The number of hydrogen-bond acceptors (Lipinski definition) is 4. The van der Waals surface area contributed by atoms with Gasteiger partial charge in [-0.3, -0.25) is 0 Å². The summed E-state index contributed by atoms with van der Waals surface area (Å²) in [4.78, 5) is 8.13. The largest absolute Gasteiger partial charge is 0.363 e. The summed E-state index contributed by atoms with van der Waals surface area (Å²) in [6.07, 6.45) is 8.15. The normalized spacial score (nSPS) is 30.0. The van der Waals surface area contributed by atoms with Crippen molar-refractivity contribution in [3.8, 4) is 0 Å². The van der Waals surface area contributed by atoms with Gasteiger partial charge in [0.1, 0.15) is 12.1 Å². The van der Waals surface area contributed by atoms with E-state index in [1.165, 1.54) is 12.8 Å². The number of hydrogen-bond donors (Lipinski definition) is 2. The molecule has 1 aliphatic carbocycles. The van der Waals surface area contributed by atoms with Crippen molar-refractivity contribution in [1.29, 1.82) is 0 Å². The minimum Gasteiger partial charge on any atom is -0.363 e. The van der Waals surface area contributed by atoms with Crippen LogP contribution in [-0.2, 0) is 0 Å². The molecular formula is C12H20N4. The Bertz CT molecular complexity index is 327. The number of nitrogens with one attached hydrogen (secondary N) is 1. The lowest BCUT2D eigenvalue weighted by atomic mass is 9.76. The van der Waals surface area contributed by atoms with Crippen molar-refractivity contribution in [2.75, 3.05) is 11.9 Å². The standard InChI is InChI=1S/C12H20N4/c1-10-3-2-5-12(7-10,8-13)16-11-4-6-14-9-15-11/h4,6,9-10H,2-3,5,7-8,13H2,1H3,(H,14,15,16). The lowest BCUT2D eigenvalue weighted by molar-refractivity contribution is 0.263. The van der Waals surface area contributed by atoms with Crippen LogP contribution in [0.1, 0.15) is 32.6 Å². The molecule has 1 aromatic heterocycles. The number of rotatable bonds is 3. The van der Waals surface area contributed by atoms with E-state index in [9.17, 15) is 0 Å². The predicted octanol–water partition coefficient (Wildman–Crippen LogP) is 1.80. The van der Waals surface area contributed by atoms with Gasteiger partial charge in [-0.05, 0) is 24.8 Å². The molecule has 1 saturated carbocycles. The fourth-order valence-corrected chi connectivity index (χ4v) is 2.65. The third-order valence-electron chi connectivity index (χ3n) is 3.46. The lowest BCUT2D eigenvalue weighted by Crippen LogP contribution is -2.48. The van der Waals surface area contributed by atoms with Crippen LogP contribution in [0.2, 0.25) is 0 Å². The van der Waals surface area contributed by atoms with Crippen molar-refractivity contribution >= 4 is 5.82 Å². The molecule has 88 valence electrons. The van der Waals surface area contributed by atoms with Gasteiger partial charge >= 0.3 is 0 Å². The second kappa shape index (κ2) is 4.78. The average Bonchev–Trinajstić information content (AvgIpc) is 2.30. The second-order valence-electron chi connectivity index (χ2n) is 4.91. The SMILES string of the molecule is CC1CCCC(CN)(Nc2ccncn2)C1. The van der Waals surface area contributed by atoms with E-state index in [-0.39, 0.29) is 5.54 Å². The van der Waals surface area contributed by atoms with E-state index >= 15 is 0 Å². The van der Waals surface area contributed by atoms with Crippen molar-refractivity contribution in [3.63, 3.8) is 0 Å². The van der Waals surface area contributed by atoms with Gasteiger partial charge in [0.25, 0.3) is 0 Å². The molecule has 0 amide bonds. The third kappa shape index (κ3) is 2.50. The van der Waals surface area contributed by atoms with Gasteiger partial charge in [-0.2, -0.15) is 0 Å². The molecule has 0 aliphatic heterocycles. The van der Waals surface area contributed by atoms with Crippen LogP contribution < -0.4 is 11.1 Å². The topological polar surface area (TPSA) is 63.8 Å². The molecule has 1 fully saturated rings. The molecule has 2 unspecified atom stereocenters. The van der Waals surface area contributed by atoms with Crippen LogP contribution >= 0.6 is 0 Å². The predicted molar refractivity (Wildman–Crippen MR) is 65.1 cm³/mol. The molecule has 1 aliphatic rings. The van der Waals surface area contributed by atoms with Gasteiger partial charge in [-0.25, -0.2) is 9.97 Å².